The highest BCUT2D eigenvalue weighted by Gasteiger charge is 2.14. The van der Waals surface area contributed by atoms with Crippen molar-refractivity contribution in [2.45, 2.75) is 16.8 Å². The van der Waals surface area contributed by atoms with Crippen molar-refractivity contribution in [1.82, 2.24) is 4.57 Å². The summed E-state index contributed by atoms with van der Waals surface area (Å²) in [6.45, 7) is 2.08. The Kier molecular flexibility index (Phi) is 4.26. The minimum atomic E-state index is -0.441. The van der Waals surface area contributed by atoms with Crippen molar-refractivity contribution in [2.24, 2.45) is 12.8 Å². The molecule has 1 aromatic heterocycles. The molecule has 0 aliphatic carbocycles. The molecular weight excluding hydrogens is 304 g/mol. The van der Waals surface area contributed by atoms with Gasteiger partial charge < -0.3 is 10.3 Å². The molecular formula is C19H18N2OS. The Morgan fingerprint density at radius 3 is 2.52 bits per heavy atom. The molecule has 2 aromatic carbocycles. The fourth-order valence-corrected chi connectivity index (χ4v) is 3.59. The minimum Gasteiger partial charge on any atom is -0.366 e. The van der Waals surface area contributed by atoms with E-state index in [0.717, 1.165) is 26.4 Å². The Morgan fingerprint density at radius 2 is 1.83 bits per heavy atom. The summed E-state index contributed by atoms with van der Waals surface area (Å²) in [5.41, 5.74) is 8.66. The van der Waals surface area contributed by atoms with Crippen molar-refractivity contribution in [3.05, 3.63) is 65.7 Å². The molecule has 0 unspecified atom stereocenters. The first-order valence-electron chi connectivity index (χ1n) is 7.35. The van der Waals surface area contributed by atoms with Gasteiger partial charge in [-0.25, -0.2) is 0 Å². The largest absolute Gasteiger partial charge is 0.366 e. The Labute approximate surface area is 139 Å². The van der Waals surface area contributed by atoms with Gasteiger partial charge in [-0.2, -0.15) is 0 Å². The first kappa shape index (κ1) is 15.4. The number of amides is 1. The third kappa shape index (κ3) is 3.17. The summed E-state index contributed by atoms with van der Waals surface area (Å²) < 4.78 is 2.15. The topological polar surface area (TPSA) is 48.0 Å². The third-order valence-corrected chi connectivity index (χ3v) is 4.94. The molecule has 0 aliphatic heterocycles. The van der Waals surface area contributed by atoms with E-state index < -0.39 is 5.91 Å². The van der Waals surface area contributed by atoms with Crippen LogP contribution in [-0.2, 0) is 11.8 Å². The minimum absolute atomic E-state index is 0.441. The standard InChI is InChI=1S/C19H18N2OS/c1-13-7-9-14(10-8-13)23-19-16(11-12-18(20)22)15-5-3-4-6-17(15)21(19)2/h3-12H,1-2H3,(H2,20,22)/b12-11+. The maximum Gasteiger partial charge on any atom is 0.241 e. The smallest absolute Gasteiger partial charge is 0.241 e. The van der Waals surface area contributed by atoms with E-state index in [1.54, 1.807) is 17.8 Å². The van der Waals surface area contributed by atoms with Gasteiger partial charge in [-0.1, -0.05) is 47.7 Å². The lowest BCUT2D eigenvalue weighted by Gasteiger charge is -2.06. The van der Waals surface area contributed by atoms with Crippen molar-refractivity contribution in [1.29, 1.82) is 0 Å². The number of nitrogens with two attached hydrogens (primary N) is 1. The van der Waals surface area contributed by atoms with Crippen molar-refractivity contribution in [3.63, 3.8) is 0 Å². The molecule has 0 atom stereocenters. The molecule has 23 heavy (non-hydrogen) atoms. The number of nitrogens with zero attached hydrogens (tertiary/aromatic N) is 1. The lowest BCUT2D eigenvalue weighted by molar-refractivity contribution is -0.113. The van der Waals surface area contributed by atoms with Crippen LogP contribution in [0.1, 0.15) is 11.1 Å². The maximum absolute atomic E-state index is 11.1. The molecule has 116 valence electrons. The normalized spacial score (nSPS) is 11.4. The van der Waals surface area contributed by atoms with Crippen LogP contribution < -0.4 is 5.73 Å². The second kappa shape index (κ2) is 6.34. The SMILES string of the molecule is Cc1ccc(Sc2c(/C=C/C(N)=O)c3ccccc3n2C)cc1. The van der Waals surface area contributed by atoms with Crippen molar-refractivity contribution < 1.29 is 4.79 Å². The Morgan fingerprint density at radius 1 is 1.13 bits per heavy atom. The van der Waals surface area contributed by atoms with Crippen LogP contribution in [0.4, 0.5) is 0 Å². The molecule has 4 heteroatoms. The summed E-state index contributed by atoms with van der Waals surface area (Å²) in [6.07, 6.45) is 3.22. The summed E-state index contributed by atoms with van der Waals surface area (Å²) >= 11 is 1.69. The maximum atomic E-state index is 11.1. The lowest BCUT2D eigenvalue weighted by Crippen LogP contribution is -2.05. The van der Waals surface area contributed by atoms with E-state index in [-0.39, 0.29) is 0 Å². The molecule has 3 nitrogen and oxygen atoms in total. The van der Waals surface area contributed by atoms with Gasteiger partial charge in [-0.05, 0) is 31.2 Å². The van der Waals surface area contributed by atoms with Gasteiger partial charge in [-0.15, -0.1) is 0 Å². The molecule has 0 saturated heterocycles. The summed E-state index contributed by atoms with van der Waals surface area (Å²) in [5, 5.41) is 2.20. The van der Waals surface area contributed by atoms with Gasteiger partial charge in [0.25, 0.3) is 0 Å². The highest BCUT2D eigenvalue weighted by Crippen LogP contribution is 2.37. The van der Waals surface area contributed by atoms with E-state index >= 15 is 0 Å². The zero-order valence-electron chi connectivity index (χ0n) is 13.1. The number of aromatic nitrogens is 1. The van der Waals surface area contributed by atoms with Gasteiger partial charge in [0.2, 0.25) is 5.91 Å². The number of rotatable bonds is 4. The highest BCUT2D eigenvalue weighted by atomic mass is 32.2. The number of fused-ring (bicyclic) bond motifs is 1. The summed E-state index contributed by atoms with van der Waals surface area (Å²) in [4.78, 5) is 12.3. The highest BCUT2D eigenvalue weighted by molar-refractivity contribution is 7.99. The van der Waals surface area contributed by atoms with Crippen LogP contribution in [0.2, 0.25) is 0 Å². The van der Waals surface area contributed by atoms with Gasteiger partial charge in [0.15, 0.2) is 0 Å². The molecule has 0 aliphatic rings. The molecule has 1 heterocycles. The van der Waals surface area contributed by atoms with E-state index in [2.05, 4.69) is 47.9 Å². The number of carbonyl (C=O) groups is 1. The monoisotopic (exact) mass is 322 g/mol. The van der Waals surface area contributed by atoms with Crippen molar-refractivity contribution >= 4 is 34.6 Å². The number of hydrogen-bond donors (Lipinski definition) is 1. The average molecular weight is 322 g/mol. The quantitative estimate of drug-likeness (QED) is 0.734. The fraction of sp³-hybridized carbons (Fsp3) is 0.105. The predicted molar refractivity (Wildman–Crippen MR) is 96.4 cm³/mol. The molecule has 3 aromatic rings. The van der Waals surface area contributed by atoms with E-state index in [0.29, 0.717) is 0 Å². The van der Waals surface area contributed by atoms with Crippen molar-refractivity contribution in [3.8, 4) is 0 Å². The third-order valence-electron chi connectivity index (χ3n) is 3.74. The molecule has 0 radical (unpaired) electrons. The number of benzene rings is 2. The van der Waals surface area contributed by atoms with Crippen LogP contribution in [0.5, 0.6) is 0 Å². The number of carbonyl (C=O) groups excluding carboxylic acids is 1. The Hall–Kier alpha value is -2.46. The van der Waals surface area contributed by atoms with Crippen LogP contribution in [0.25, 0.3) is 17.0 Å². The lowest BCUT2D eigenvalue weighted by atomic mass is 10.1. The van der Waals surface area contributed by atoms with Crippen molar-refractivity contribution in [2.75, 3.05) is 0 Å². The molecule has 3 rings (SSSR count). The molecule has 2 N–H and O–H groups in total. The van der Waals surface area contributed by atoms with Gasteiger partial charge in [0.05, 0.1) is 5.03 Å². The van der Waals surface area contributed by atoms with E-state index in [1.165, 1.54) is 11.6 Å². The van der Waals surface area contributed by atoms with Gasteiger partial charge >= 0.3 is 0 Å². The zero-order chi connectivity index (χ0) is 16.4. The van der Waals surface area contributed by atoms with E-state index in [4.69, 9.17) is 5.73 Å². The average Bonchev–Trinajstić information content (AvgIpc) is 2.80. The second-order valence-electron chi connectivity index (χ2n) is 5.45. The summed E-state index contributed by atoms with van der Waals surface area (Å²) in [7, 11) is 2.04. The number of aryl methyl sites for hydroxylation is 2. The summed E-state index contributed by atoms with van der Waals surface area (Å²) in [5.74, 6) is -0.441. The molecule has 0 fully saturated rings. The number of hydrogen-bond acceptors (Lipinski definition) is 2. The Balaban J connectivity index is 2.13. The van der Waals surface area contributed by atoms with Crippen LogP contribution in [-0.4, -0.2) is 10.5 Å². The number of primary amides is 1. The van der Waals surface area contributed by atoms with Crippen LogP contribution in [0.3, 0.4) is 0 Å². The number of para-hydroxylation sites is 1. The first-order chi connectivity index (χ1) is 11.1. The predicted octanol–water partition coefficient (Wildman–Crippen LogP) is 4.14. The van der Waals surface area contributed by atoms with Gasteiger partial charge in [-0.3, -0.25) is 4.79 Å². The van der Waals surface area contributed by atoms with E-state index in [1.807, 2.05) is 19.2 Å². The Bertz CT molecular complexity index is 892. The first-order valence-corrected chi connectivity index (χ1v) is 8.17. The van der Waals surface area contributed by atoms with Crippen LogP contribution in [0.15, 0.2) is 64.5 Å². The molecule has 0 spiro atoms. The summed E-state index contributed by atoms with van der Waals surface area (Å²) in [6, 6.07) is 16.6. The fourth-order valence-electron chi connectivity index (χ4n) is 2.57. The van der Waals surface area contributed by atoms with Gasteiger partial charge in [0, 0.05) is 34.5 Å². The van der Waals surface area contributed by atoms with Gasteiger partial charge in [0.1, 0.15) is 0 Å². The molecule has 0 saturated carbocycles. The zero-order valence-corrected chi connectivity index (χ0v) is 13.9. The second-order valence-corrected chi connectivity index (χ2v) is 6.51. The van der Waals surface area contributed by atoms with Crippen LogP contribution in [0, 0.1) is 6.92 Å². The van der Waals surface area contributed by atoms with Crippen LogP contribution >= 0.6 is 11.8 Å². The molecule has 1 amide bonds. The molecule has 0 bridgehead atoms. The van der Waals surface area contributed by atoms with E-state index in [9.17, 15) is 4.79 Å².